The number of rotatable bonds is 8. The van der Waals surface area contributed by atoms with Crippen LogP contribution in [0.15, 0.2) is 30.5 Å². The summed E-state index contributed by atoms with van der Waals surface area (Å²) < 4.78 is 60.4. The quantitative estimate of drug-likeness (QED) is 0.365. The lowest BCUT2D eigenvalue weighted by Gasteiger charge is -2.25. The van der Waals surface area contributed by atoms with Crippen molar-refractivity contribution in [2.45, 2.75) is 64.0 Å². The van der Waals surface area contributed by atoms with Crippen LogP contribution in [0.1, 0.15) is 71.6 Å². The number of primary amides is 1. The summed E-state index contributed by atoms with van der Waals surface area (Å²) in [6, 6.07) is 0.219. The molecule has 3 rings (SSSR count). The number of nitrogens with two attached hydrogens (primary N) is 1. The van der Waals surface area contributed by atoms with E-state index in [4.69, 9.17) is 22.1 Å². The first-order valence-electron chi connectivity index (χ1n) is 11.6. The molecule has 2 atom stereocenters. The molecule has 0 saturated carbocycles. The average Bonchev–Trinajstić information content (AvgIpc) is 3.11. The van der Waals surface area contributed by atoms with E-state index in [0.29, 0.717) is 6.07 Å². The second-order valence-corrected chi connectivity index (χ2v) is 10.3. The molecule has 0 spiro atoms. The molecule has 0 bridgehead atoms. The molecule has 1 aromatic carbocycles. The number of halogens is 5. The minimum absolute atomic E-state index is 0.104. The van der Waals surface area contributed by atoms with E-state index in [1.165, 1.54) is 12.1 Å². The molecule has 2 heterocycles. The Bertz CT molecular complexity index is 1310. The number of hydrogen-bond acceptors (Lipinski definition) is 6. The average molecular weight is 573 g/mol. The van der Waals surface area contributed by atoms with Gasteiger partial charge in [-0.1, -0.05) is 11.6 Å². The highest BCUT2D eigenvalue weighted by Gasteiger charge is 2.45. The zero-order chi connectivity index (χ0) is 29.3. The van der Waals surface area contributed by atoms with E-state index in [2.05, 4.69) is 4.98 Å². The van der Waals surface area contributed by atoms with Crippen LogP contribution in [0.25, 0.3) is 0 Å². The van der Waals surface area contributed by atoms with E-state index in [0.717, 1.165) is 17.2 Å². The van der Waals surface area contributed by atoms with E-state index in [-0.39, 0.29) is 41.1 Å². The number of carbonyl (C=O) groups is 4. The Balaban J connectivity index is 1.79. The van der Waals surface area contributed by atoms with Crippen LogP contribution in [-0.4, -0.2) is 51.4 Å². The zero-order valence-electron chi connectivity index (χ0n) is 21.1. The summed E-state index contributed by atoms with van der Waals surface area (Å²) in [5, 5.41) is 1.50. The normalized spacial score (nSPS) is 15.0. The van der Waals surface area contributed by atoms with Crippen molar-refractivity contribution in [2.75, 3.05) is 0 Å². The summed E-state index contributed by atoms with van der Waals surface area (Å²) >= 11 is 5.56. The highest BCUT2D eigenvalue weighted by atomic mass is 35.5. The van der Waals surface area contributed by atoms with Gasteiger partial charge < -0.3 is 20.7 Å². The van der Waals surface area contributed by atoms with Crippen molar-refractivity contribution in [3.8, 4) is 0 Å². The maximum absolute atomic E-state index is 14.2. The van der Waals surface area contributed by atoms with Crippen molar-refractivity contribution in [1.82, 2.24) is 15.2 Å². The van der Waals surface area contributed by atoms with Crippen LogP contribution in [-0.2, 0) is 20.9 Å². The van der Waals surface area contributed by atoms with Gasteiger partial charge in [-0.05, 0) is 57.0 Å². The van der Waals surface area contributed by atoms with Crippen LogP contribution in [0.4, 0.5) is 17.6 Å². The lowest BCUT2D eigenvalue weighted by Crippen LogP contribution is -2.45. The fourth-order valence-electron chi connectivity index (χ4n) is 3.99. The topological polar surface area (TPSA) is 132 Å². The third-order valence-corrected chi connectivity index (χ3v) is 5.87. The first-order chi connectivity index (χ1) is 18.0. The van der Waals surface area contributed by atoms with Crippen LogP contribution >= 0.6 is 11.6 Å². The standard InChI is InChI=1S/C25H25ClF4N4O5/c1-24(2,3)39-18(35)7-6-17(21(31)36)34-11-13-8-12(4-5-15(13)23(34)38)22(37)33-20(25(28,29)30)19-16(27)9-14(26)10-32-19/h4-5,8-10,17,20H,6-7,11H2,1-3H3,(H2,31,36)(H,33,37). The van der Waals surface area contributed by atoms with Gasteiger partial charge in [0.2, 0.25) is 5.91 Å². The highest BCUT2D eigenvalue weighted by Crippen LogP contribution is 2.34. The minimum Gasteiger partial charge on any atom is -0.460 e. The molecular weight excluding hydrogens is 548 g/mol. The van der Waals surface area contributed by atoms with E-state index in [9.17, 15) is 36.7 Å². The summed E-state index contributed by atoms with van der Waals surface area (Å²) in [6.07, 6.45) is -4.60. The molecule has 0 saturated heterocycles. The highest BCUT2D eigenvalue weighted by molar-refractivity contribution is 6.30. The molecule has 0 fully saturated rings. The van der Waals surface area contributed by atoms with Gasteiger partial charge in [0, 0.05) is 30.3 Å². The molecule has 14 heteroatoms. The lowest BCUT2D eigenvalue weighted by atomic mass is 10.0. The van der Waals surface area contributed by atoms with Crippen molar-refractivity contribution in [3.05, 3.63) is 63.7 Å². The summed E-state index contributed by atoms with van der Waals surface area (Å²) in [5.41, 5.74) is 3.75. The maximum atomic E-state index is 14.2. The molecule has 1 aliphatic heterocycles. The number of pyridine rings is 1. The molecule has 1 aliphatic rings. The number of nitrogens with zero attached hydrogens (tertiary/aromatic N) is 2. The Kier molecular flexibility index (Phi) is 8.53. The lowest BCUT2D eigenvalue weighted by molar-refractivity contribution is -0.157. The predicted octanol–water partition coefficient (Wildman–Crippen LogP) is 3.84. The van der Waals surface area contributed by atoms with Gasteiger partial charge in [-0.15, -0.1) is 0 Å². The largest absolute Gasteiger partial charge is 0.460 e. The molecule has 210 valence electrons. The molecular formula is C25H25ClF4N4O5. The maximum Gasteiger partial charge on any atom is 0.414 e. The summed E-state index contributed by atoms with van der Waals surface area (Å²) in [6.45, 7) is 4.83. The number of hydrogen-bond donors (Lipinski definition) is 2. The van der Waals surface area contributed by atoms with Gasteiger partial charge in [0.05, 0.1) is 5.02 Å². The van der Waals surface area contributed by atoms with E-state index >= 15 is 0 Å². The van der Waals surface area contributed by atoms with Gasteiger partial charge in [-0.25, -0.2) is 4.39 Å². The summed E-state index contributed by atoms with van der Waals surface area (Å²) in [7, 11) is 0. The SMILES string of the molecule is CC(C)(C)OC(=O)CCC(C(N)=O)N1Cc2cc(C(=O)NC(c3ncc(Cl)cc3F)C(F)(F)F)ccc2C1=O. The zero-order valence-corrected chi connectivity index (χ0v) is 21.8. The fraction of sp³-hybridized carbons (Fsp3) is 0.400. The van der Waals surface area contributed by atoms with Crippen LogP contribution in [0.3, 0.4) is 0 Å². The third kappa shape index (κ3) is 7.22. The van der Waals surface area contributed by atoms with Crippen LogP contribution in [0, 0.1) is 5.82 Å². The number of amides is 3. The van der Waals surface area contributed by atoms with Gasteiger partial charge in [-0.2, -0.15) is 13.2 Å². The molecule has 2 unspecified atom stereocenters. The Labute approximate surface area is 225 Å². The first-order valence-corrected chi connectivity index (χ1v) is 12.0. The molecule has 39 heavy (non-hydrogen) atoms. The second kappa shape index (κ2) is 11.2. The molecule has 3 amide bonds. The Morgan fingerprint density at radius 3 is 2.44 bits per heavy atom. The molecule has 0 radical (unpaired) electrons. The van der Waals surface area contributed by atoms with Crippen molar-refractivity contribution in [3.63, 3.8) is 0 Å². The van der Waals surface area contributed by atoms with E-state index in [1.54, 1.807) is 26.1 Å². The van der Waals surface area contributed by atoms with Crippen LogP contribution in [0.2, 0.25) is 5.02 Å². The van der Waals surface area contributed by atoms with Crippen molar-refractivity contribution >= 4 is 35.3 Å². The second-order valence-electron chi connectivity index (χ2n) is 9.82. The number of alkyl halides is 3. The number of nitrogens with one attached hydrogen (secondary N) is 1. The van der Waals surface area contributed by atoms with Gasteiger partial charge >= 0.3 is 12.1 Å². The van der Waals surface area contributed by atoms with Crippen LogP contribution < -0.4 is 11.1 Å². The number of esters is 1. The Hall–Kier alpha value is -3.74. The summed E-state index contributed by atoms with van der Waals surface area (Å²) in [5.74, 6) is -4.64. The van der Waals surface area contributed by atoms with Gasteiger partial charge in [0.1, 0.15) is 23.2 Å². The van der Waals surface area contributed by atoms with Crippen molar-refractivity contribution in [2.24, 2.45) is 5.73 Å². The molecule has 0 aliphatic carbocycles. The van der Waals surface area contributed by atoms with Gasteiger partial charge in [0.25, 0.3) is 11.8 Å². The Morgan fingerprint density at radius 2 is 1.87 bits per heavy atom. The van der Waals surface area contributed by atoms with E-state index < -0.39 is 59.1 Å². The molecule has 9 nitrogen and oxygen atoms in total. The monoisotopic (exact) mass is 572 g/mol. The van der Waals surface area contributed by atoms with Crippen molar-refractivity contribution in [1.29, 1.82) is 0 Å². The third-order valence-electron chi connectivity index (χ3n) is 5.66. The van der Waals surface area contributed by atoms with Gasteiger partial charge in [0.15, 0.2) is 6.04 Å². The Morgan fingerprint density at radius 1 is 1.21 bits per heavy atom. The molecule has 1 aromatic heterocycles. The minimum atomic E-state index is -5.09. The molecule has 3 N–H and O–H groups in total. The number of ether oxygens (including phenoxy) is 1. The summed E-state index contributed by atoms with van der Waals surface area (Å²) in [4.78, 5) is 54.4. The number of carbonyl (C=O) groups excluding carboxylic acids is 4. The van der Waals surface area contributed by atoms with Gasteiger partial charge in [-0.3, -0.25) is 24.2 Å². The van der Waals surface area contributed by atoms with Crippen molar-refractivity contribution < 1.29 is 41.5 Å². The first kappa shape index (κ1) is 29.8. The molecule has 2 aromatic rings. The predicted molar refractivity (Wildman–Crippen MR) is 130 cm³/mol. The number of fused-ring (bicyclic) bond motifs is 1. The van der Waals surface area contributed by atoms with E-state index in [1.807, 2.05) is 0 Å². The fourth-order valence-corrected chi connectivity index (χ4v) is 4.14. The number of aromatic nitrogens is 1. The van der Waals surface area contributed by atoms with Crippen LogP contribution in [0.5, 0.6) is 0 Å². The number of benzene rings is 1. The smallest absolute Gasteiger partial charge is 0.414 e.